The number of halogens is 1. The monoisotopic (exact) mass is 454 g/mol. The van der Waals surface area contributed by atoms with Crippen molar-refractivity contribution in [2.75, 3.05) is 16.0 Å². The molecule has 34 heavy (non-hydrogen) atoms. The van der Waals surface area contributed by atoms with Crippen LogP contribution in [0.25, 0.3) is 0 Å². The lowest BCUT2D eigenvalue weighted by Gasteiger charge is -2.16. The van der Waals surface area contributed by atoms with E-state index in [1.54, 1.807) is 24.4 Å². The van der Waals surface area contributed by atoms with Crippen molar-refractivity contribution >= 4 is 34.7 Å². The highest BCUT2D eigenvalue weighted by Crippen LogP contribution is 2.49. The third-order valence-corrected chi connectivity index (χ3v) is 5.76. The number of amides is 1. The quantitative estimate of drug-likeness (QED) is 0.343. The van der Waals surface area contributed by atoms with Crippen molar-refractivity contribution in [1.29, 1.82) is 0 Å². The summed E-state index contributed by atoms with van der Waals surface area (Å²) >= 11 is 0. The van der Waals surface area contributed by atoms with E-state index in [0.717, 1.165) is 24.1 Å². The number of aromatic nitrogens is 3. The fourth-order valence-corrected chi connectivity index (χ4v) is 3.84. The summed E-state index contributed by atoms with van der Waals surface area (Å²) in [6.07, 6.45) is 3.22. The summed E-state index contributed by atoms with van der Waals surface area (Å²) < 4.78 is 13.3. The summed E-state index contributed by atoms with van der Waals surface area (Å²) in [5.41, 5.74) is 1.79. The Bertz CT molecular complexity index is 1310. The normalized spacial score (nSPS) is 13.7. The summed E-state index contributed by atoms with van der Waals surface area (Å²) in [6, 6.07) is 21.0. The number of anilines is 5. The van der Waals surface area contributed by atoms with E-state index < -0.39 is 5.41 Å². The average molecular weight is 455 g/mol. The number of nitrogens with one attached hydrogen (secondary N) is 3. The van der Waals surface area contributed by atoms with Crippen LogP contribution in [0.1, 0.15) is 24.2 Å². The van der Waals surface area contributed by atoms with Gasteiger partial charge in [0.05, 0.1) is 5.41 Å². The van der Waals surface area contributed by atoms with E-state index in [2.05, 4.69) is 30.9 Å². The van der Waals surface area contributed by atoms with E-state index >= 15 is 0 Å². The maximum atomic E-state index is 13.3. The first-order valence-electron chi connectivity index (χ1n) is 11.0. The van der Waals surface area contributed by atoms with Crippen LogP contribution in [0, 0.1) is 12.7 Å². The number of benzene rings is 2. The van der Waals surface area contributed by atoms with Gasteiger partial charge in [0.2, 0.25) is 5.91 Å². The number of hydrogen-bond donors (Lipinski definition) is 3. The van der Waals surface area contributed by atoms with Crippen molar-refractivity contribution in [3.05, 3.63) is 96.2 Å². The summed E-state index contributed by atoms with van der Waals surface area (Å²) in [7, 11) is 0. The van der Waals surface area contributed by atoms with E-state index in [9.17, 15) is 9.18 Å². The van der Waals surface area contributed by atoms with Gasteiger partial charge in [-0.25, -0.2) is 19.3 Å². The van der Waals surface area contributed by atoms with Gasteiger partial charge < -0.3 is 16.0 Å². The summed E-state index contributed by atoms with van der Waals surface area (Å²) in [5.74, 6) is 2.20. The van der Waals surface area contributed by atoms with E-state index in [4.69, 9.17) is 0 Å². The summed E-state index contributed by atoms with van der Waals surface area (Å²) in [4.78, 5) is 26.0. The predicted molar refractivity (Wildman–Crippen MR) is 130 cm³/mol. The molecule has 1 saturated carbocycles. The van der Waals surface area contributed by atoms with Crippen LogP contribution in [-0.2, 0) is 10.2 Å². The van der Waals surface area contributed by atoms with E-state index in [1.165, 1.54) is 12.1 Å². The first-order valence-corrected chi connectivity index (χ1v) is 11.0. The lowest BCUT2D eigenvalue weighted by molar-refractivity contribution is -0.118. The van der Waals surface area contributed by atoms with Gasteiger partial charge in [0, 0.05) is 23.6 Å². The molecule has 7 nitrogen and oxygen atoms in total. The van der Waals surface area contributed by atoms with Gasteiger partial charge >= 0.3 is 0 Å². The Kier molecular flexibility index (Phi) is 5.63. The van der Waals surface area contributed by atoms with Crippen LogP contribution in [0.15, 0.2) is 79.0 Å². The molecule has 0 unspecified atom stereocenters. The second-order valence-electron chi connectivity index (χ2n) is 8.27. The first-order chi connectivity index (χ1) is 16.5. The van der Waals surface area contributed by atoms with Crippen LogP contribution in [0.5, 0.6) is 0 Å². The van der Waals surface area contributed by atoms with Gasteiger partial charge in [0.1, 0.15) is 29.1 Å². The molecule has 1 aliphatic carbocycles. The Morgan fingerprint density at radius 2 is 1.53 bits per heavy atom. The standard InChI is InChI=1S/C26H23FN6O/c1-17-29-23(16-24(30-17)33-22-4-2-3-15-28-22)31-20-9-11-21(12-10-20)32-25(34)26(13-14-26)18-5-7-19(27)8-6-18/h2-12,15-16H,13-14H2,1H3,(H,32,34)(H2,28,29,30,31,33). The molecule has 5 rings (SSSR count). The fourth-order valence-electron chi connectivity index (χ4n) is 3.84. The summed E-state index contributed by atoms with van der Waals surface area (Å²) in [5, 5.41) is 9.42. The van der Waals surface area contributed by atoms with Crippen molar-refractivity contribution in [1.82, 2.24) is 15.0 Å². The highest BCUT2D eigenvalue weighted by Gasteiger charge is 2.51. The molecule has 2 aromatic heterocycles. The number of aryl methyl sites for hydroxylation is 1. The van der Waals surface area contributed by atoms with Gasteiger partial charge in [0.25, 0.3) is 0 Å². The Labute approximate surface area is 196 Å². The Morgan fingerprint density at radius 3 is 2.18 bits per heavy atom. The molecule has 0 atom stereocenters. The smallest absolute Gasteiger partial charge is 0.235 e. The van der Waals surface area contributed by atoms with Gasteiger partial charge in [-0.2, -0.15) is 0 Å². The molecule has 0 bridgehead atoms. The molecule has 4 aromatic rings. The Morgan fingerprint density at radius 1 is 0.853 bits per heavy atom. The molecule has 0 aliphatic heterocycles. The molecule has 170 valence electrons. The second kappa shape index (κ2) is 8.90. The zero-order valence-corrected chi connectivity index (χ0v) is 18.5. The van der Waals surface area contributed by atoms with Gasteiger partial charge in [-0.1, -0.05) is 18.2 Å². The lowest BCUT2D eigenvalue weighted by Crippen LogP contribution is -2.27. The second-order valence-corrected chi connectivity index (χ2v) is 8.27. The molecule has 1 aliphatic rings. The van der Waals surface area contributed by atoms with Gasteiger partial charge in [-0.05, 0) is 73.9 Å². The third-order valence-electron chi connectivity index (χ3n) is 5.76. The highest BCUT2D eigenvalue weighted by molar-refractivity contribution is 6.01. The zero-order chi connectivity index (χ0) is 23.5. The molecule has 2 heterocycles. The van der Waals surface area contributed by atoms with Gasteiger partial charge in [-0.3, -0.25) is 4.79 Å². The number of carbonyl (C=O) groups excluding carboxylic acids is 1. The van der Waals surface area contributed by atoms with Crippen LogP contribution in [0.4, 0.5) is 33.2 Å². The van der Waals surface area contributed by atoms with Crippen LogP contribution in [-0.4, -0.2) is 20.9 Å². The molecule has 0 spiro atoms. The van der Waals surface area contributed by atoms with Crippen molar-refractivity contribution in [3.63, 3.8) is 0 Å². The molecule has 1 amide bonds. The maximum absolute atomic E-state index is 13.3. The minimum atomic E-state index is -0.569. The van der Waals surface area contributed by atoms with E-state index in [-0.39, 0.29) is 11.7 Å². The number of pyridine rings is 1. The largest absolute Gasteiger partial charge is 0.340 e. The van der Waals surface area contributed by atoms with Crippen molar-refractivity contribution in [2.24, 2.45) is 0 Å². The highest BCUT2D eigenvalue weighted by atomic mass is 19.1. The fraction of sp³-hybridized carbons (Fsp3) is 0.154. The molecule has 0 saturated heterocycles. The number of carbonyl (C=O) groups is 1. The molecular weight excluding hydrogens is 431 g/mol. The van der Waals surface area contributed by atoms with Crippen molar-refractivity contribution in [3.8, 4) is 0 Å². The van der Waals surface area contributed by atoms with Crippen LogP contribution >= 0.6 is 0 Å². The number of nitrogens with zero attached hydrogens (tertiary/aromatic N) is 3. The number of hydrogen-bond acceptors (Lipinski definition) is 6. The van der Waals surface area contributed by atoms with E-state index in [0.29, 0.717) is 29.0 Å². The van der Waals surface area contributed by atoms with Gasteiger partial charge in [0.15, 0.2) is 0 Å². The van der Waals surface area contributed by atoms with Crippen molar-refractivity contribution in [2.45, 2.75) is 25.2 Å². The molecular formula is C26H23FN6O. The molecule has 2 aromatic carbocycles. The lowest BCUT2D eigenvalue weighted by atomic mass is 9.95. The zero-order valence-electron chi connectivity index (χ0n) is 18.5. The van der Waals surface area contributed by atoms with Crippen LogP contribution in [0.2, 0.25) is 0 Å². The Hall–Kier alpha value is -4.33. The third kappa shape index (κ3) is 4.71. The SMILES string of the molecule is Cc1nc(Nc2ccc(NC(=O)C3(c4ccc(F)cc4)CC3)cc2)cc(Nc2ccccn2)n1. The average Bonchev–Trinajstić information content (AvgIpc) is 3.63. The minimum Gasteiger partial charge on any atom is -0.340 e. The van der Waals surface area contributed by atoms with Crippen LogP contribution < -0.4 is 16.0 Å². The van der Waals surface area contributed by atoms with Crippen LogP contribution in [0.3, 0.4) is 0 Å². The molecule has 8 heteroatoms. The Balaban J connectivity index is 1.25. The predicted octanol–water partition coefficient (Wildman–Crippen LogP) is 5.48. The maximum Gasteiger partial charge on any atom is 0.235 e. The molecule has 3 N–H and O–H groups in total. The number of rotatable bonds is 7. The molecule has 1 fully saturated rings. The molecule has 0 radical (unpaired) electrons. The van der Waals surface area contributed by atoms with Crippen molar-refractivity contribution < 1.29 is 9.18 Å². The minimum absolute atomic E-state index is 0.0727. The van der Waals surface area contributed by atoms with Gasteiger partial charge in [-0.15, -0.1) is 0 Å². The first kappa shape index (κ1) is 21.5. The van der Waals surface area contributed by atoms with E-state index in [1.807, 2.05) is 49.4 Å². The summed E-state index contributed by atoms with van der Waals surface area (Å²) in [6.45, 7) is 1.82. The topological polar surface area (TPSA) is 91.8 Å².